The number of fused-ring (bicyclic) bond motifs is 1. The fourth-order valence-electron chi connectivity index (χ4n) is 2.85. The van der Waals surface area contributed by atoms with Gasteiger partial charge in [0.1, 0.15) is 0 Å². The van der Waals surface area contributed by atoms with Gasteiger partial charge < -0.3 is 10.6 Å². The van der Waals surface area contributed by atoms with Crippen LogP contribution in [-0.2, 0) is 4.79 Å². The molecular weight excluding hydrogens is 312 g/mol. The molecule has 4 rings (SSSR count). The third-order valence-electron chi connectivity index (χ3n) is 4.39. The summed E-state index contributed by atoms with van der Waals surface area (Å²) in [6.45, 7) is 0. The van der Waals surface area contributed by atoms with Crippen molar-refractivity contribution in [3.05, 3.63) is 72.3 Å². The van der Waals surface area contributed by atoms with Crippen LogP contribution in [0.25, 0.3) is 10.8 Å². The number of carbonyl (C=O) groups excluding carboxylic acids is 2. The maximum Gasteiger partial charge on any atom is 0.256 e. The van der Waals surface area contributed by atoms with Crippen molar-refractivity contribution in [1.82, 2.24) is 0 Å². The molecule has 1 fully saturated rings. The van der Waals surface area contributed by atoms with E-state index in [1.54, 1.807) is 24.3 Å². The number of anilines is 2. The summed E-state index contributed by atoms with van der Waals surface area (Å²) < 4.78 is 0. The number of rotatable bonds is 4. The lowest BCUT2D eigenvalue weighted by Gasteiger charge is -2.09. The van der Waals surface area contributed by atoms with Gasteiger partial charge in [0.2, 0.25) is 5.91 Å². The lowest BCUT2D eigenvalue weighted by Crippen LogP contribution is -2.14. The Balaban J connectivity index is 1.49. The maximum absolute atomic E-state index is 12.6. The Morgan fingerprint density at radius 1 is 0.760 bits per heavy atom. The molecule has 25 heavy (non-hydrogen) atoms. The number of nitrogens with one attached hydrogen (secondary N) is 2. The largest absolute Gasteiger partial charge is 0.326 e. The molecule has 0 heterocycles. The Hall–Kier alpha value is -3.14. The van der Waals surface area contributed by atoms with Crippen LogP contribution in [0.4, 0.5) is 11.4 Å². The zero-order valence-corrected chi connectivity index (χ0v) is 13.7. The quantitative estimate of drug-likeness (QED) is 0.743. The first kappa shape index (κ1) is 15.4. The Morgan fingerprint density at radius 2 is 1.40 bits per heavy atom. The lowest BCUT2D eigenvalue weighted by atomic mass is 10.0. The molecule has 1 aliphatic carbocycles. The van der Waals surface area contributed by atoms with Gasteiger partial charge in [-0.05, 0) is 53.9 Å². The number of benzene rings is 3. The molecule has 1 aliphatic rings. The van der Waals surface area contributed by atoms with Crippen molar-refractivity contribution in [2.45, 2.75) is 12.8 Å². The number of hydrogen-bond acceptors (Lipinski definition) is 2. The van der Waals surface area contributed by atoms with E-state index < -0.39 is 0 Å². The second kappa shape index (κ2) is 6.40. The first-order valence-corrected chi connectivity index (χ1v) is 8.41. The van der Waals surface area contributed by atoms with Gasteiger partial charge in [-0.1, -0.05) is 36.4 Å². The molecule has 1 saturated carbocycles. The zero-order chi connectivity index (χ0) is 17.2. The predicted octanol–water partition coefficient (Wildman–Crippen LogP) is 4.44. The van der Waals surface area contributed by atoms with Crippen LogP contribution in [0, 0.1) is 5.92 Å². The van der Waals surface area contributed by atoms with Crippen molar-refractivity contribution in [3.63, 3.8) is 0 Å². The van der Waals surface area contributed by atoms with Crippen LogP contribution in [0.5, 0.6) is 0 Å². The number of carbonyl (C=O) groups is 2. The standard InChI is InChI=1S/C21H18N2O2/c24-20(15-8-9-15)22-16-10-12-17(13-11-16)23-21(25)19-7-3-5-14-4-1-2-6-18(14)19/h1-7,10-13,15H,8-9H2,(H,22,24)(H,23,25). The monoisotopic (exact) mass is 330 g/mol. The molecule has 3 aromatic carbocycles. The fraction of sp³-hybridized carbons (Fsp3) is 0.143. The Kier molecular flexibility index (Phi) is 3.94. The van der Waals surface area contributed by atoms with Gasteiger partial charge in [-0.3, -0.25) is 9.59 Å². The van der Waals surface area contributed by atoms with E-state index in [0.717, 1.165) is 29.3 Å². The summed E-state index contributed by atoms with van der Waals surface area (Å²) in [4.78, 5) is 24.4. The van der Waals surface area contributed by atoms with E-state index in [0.29, 0.717) is 11.3 Å². The summed E-state index contributed by atoms with van der Waals surface area (Å²) >= 11 is 0. The number of hydrogen-bond donors (Lipinski definition) is 2. The average Bonchev–Trinajstić information content (AvgIpc) is 3.48. The second-order valence-corrected chi connectivity index (χ2v) is 6.32. The predicted molar refractivity (Wildman–Crippen MR) is 99.7 cm³/mol. The average molecular weight is 330 g/mol. The van der Waals surface area contributed by atoms with Crippen molar-refractivity contribution in [1.29, 1.82) is 0 Å². The molecule has 0 radical (unpaired) electrons. The van der Waals surface area contributed by atoms with Gasteiger partial charge in [0, 0.05) is 22.9 Å². The molecule has 124 valence electrons. The highest BCUT2D eigenvalue weighted by Crippen LogP contribution is 2.30. The molecular formula is C21H18N2O2. The first-order valence-electron chi connectivity index (χ1n) is 8.41. The highest BCUT2D eigenvalue weighted by atomic mass is 16.2. The summed E-state index contributed by atoms with van der Waals surface area (Å²) in [7, 11) is 0. The molecule has 0 spiro atoms. The van der Waals surface area contributed by atoms with Gasteiger partial charge in [0.15, 0.2) is 0 Å². The third-order valence-corrected chi connectivity index (χ3v) is 4.39. The molecule has 2 N–H and O–H groups in total. The van der Waals surface area contributed by atoms with Gasteiger partial charge in [-0.2, -0.15) is 0 Å². The summed E-state index contributed by atoms with van der Waals surface area (Å²) in [5, 5.41) is 7.77. The summed E-state index contributed by atoms with van der Waals surface area (Å²) in [5.74, 6) is 0.102. The highest BCUT2D eigenvalue weighted by molar-refractivity contribution is 6.13. The van der Waals surface area contributed by atoms with Crippen molar-refractivity contribution < 1.29 is 9.59 Å². The van der Waals surface area contributed by atoms with Crippen LogP contribution >= 0.6 is 0 Å². The van der Waals surface area contributed by atoms with E-state index in [4.69, 9.17) is 0 Å². The van der Waals surface area contributed by atoms with Crippen LogP contribution in [0.2, 0.25) is 0 Å². The topological polar surface area (TPSA) is 58.2 Å². The van der Waals surface area contributed by atoms with Crippen LogP contribution in [0.3, 0.4) is 0 Å². The molecule has 4 heteroatoms. The van der Waals surface area contributed by atoms with Gasteiger partial charge in [-0.25, -0.2) is 0 Å². The Morgan fingerprint density at radius 3 is 2.12 bits per heavy atom. The van der Waals surface area contributed by atoms with Crippen molar-refractivity contribution >= 4 is 34.0 Å². The first-order chi connectivity index (χ1) is 12.2. The van der Waals surface area contributed by atoms with Crippen LogP contribution in [-0.4, -0.2) is 11.8 Å². The Labute approximate surface area is 145 Å². The van der Waals surface area contributed by atoms with E-state index in [-0.39, 0.29) is 17.7 Å². The summed E-state index contributed by atoms with van der Waals surface area (Å²) in [6, 6.07) is 20.7. The maximum atomic E-state index is 12.6. The van der Waals surface area contributed by atoms with E-state index in [1.807, 2.05) is 42.5 Å². The molecule has 2 amide bonds. The van der Waals surface area contributed by atoms with Gasteiger partial charge in [0.05, 0.1) is 0 Å². The van der Waals surface area contributed by atoms with E-state index >= 15 is 0 Å². The van der Waals surface area contributed by atoms with Crippen molar-refractivity contribution in [2.24, 2.45) is 5.92 Å². The molecule has 0 unspecified atom stereocenters. The van der Waals surface area contributed by atoms with Crippen LogP contribution in [0.1, 0.15) is 23.2 Å². The SMILES string of the molecule is O=C(Nc1ccc(NC(=O)C2CC2)cc1)c1cccc2ccccc12. The van der Waals surface area contributed by atoms with Crippen molar-refractivity contribution in [2.75, 3.05) is 10.6 Å². The summed E-state index contributed by atoms with van der Waals surface area (Å²) in [6.07, 6.45) is 1.95. The zero-order valence-electron chi connectivity index (χ0n) is 13.7. The molecule has 0 atom stereocenters. The Bertz CT molecular complexity index is 938. The third kappa shape index (κ3) is 3.38. The molecule has 4 nitrogen and oxygen atoms in total. The number of amides is 2. The molecule has 0 bridgehead atoms. The second-order valence-electron chi connectivity index (χ2n) is 6.32. The molecule has 0 aromatic heterocycles. The molecule has 3 aromatic rings. The smallest absolute Gasteiger partial charge is 0.256 e. The minimum atomic E-state index is -0.147. The molecule has 0 aliphatic heterocycles. The normalized spacial score (nSPS) is 13.4. The van der Waals surface area contributed by atoms with Crippen LogP contribution in [0.15, 0.2) is 66.7 Å². The van der Waals surface area contributed by atoms with Gasteiger partial charge >= 0.3 is 0 Å². The summed E-state index contributed by atoms with van der Waals surface area (Å²) in [5.41, 5.74) is 2.09. The van der Waals surface area contributed by atoms with E-state index in [9.17, 15) is 9.59 Å². The van der Waals surface area contributed by atoms with Gasteiger partial charge in [0.25, 0.3) is 5.91 Å². The van der Waals surface area contributed by atoms with Crippen molar-refractivity contribution in [3.8, 4) is 0 Å². The fourth-order valence-corrected chi connectivity index (χ4v) is 2.85. The van der Waals surface area contributed by atoms with Gasteiger partial charge in [-0.15, -0.1) is 0 Å². The minimum absolute atomic E-state index is 0.0764. The highest BCUT2D eigenvalue weighted by Gasteiger charge is 2.29. The van der Waals surface area contributed by atoms with E-state index in [2.05, 4.69) is 10.6 Å². The minimum Gasteiger partial charge on any atom is -0.326 e. The molecule has 0 saturated heterocycles. The lowest BCUT2D eigenvalue weighted by molar-refractivity contribution is -0.117. The van der Waals surface area contributed by atoms with Crippen LogP contribution < -0.4 is 10.6 Å². The van der Waals surface area contributed by atoms with E-state index in [1.165, 1.54) is 0 Å².